The summed E-state index contributed by atoms with van der Waals surface area (Å²) in [6.07, 6.45) is 0. The second-order valence-corrected chi connectivity index (χ2v) is 6.67. The minimum Gasteiger partial charge on any atom is -0.357 e. The van der Waals surface area contributed by atoms with Crippen LogP contribution < -0.4 is 10.6 Å². The first-order chi connectivity index (χ1) is 10.5. The Kier molecular flexibility index (Phi) is 6.17. The van der Waals surface area contributed by atoms with Crippen molar-refractivity contribution in [1.29, 1.82) is 0 Å². The number of guanidine groups is 1. The molecule has 22 heavy (non-hydrogen) atoms. The molecule has 0 aromatic carbocycles. The van der Waals surface area contributed by atoms with Gasteiger partial charge in [-0.15, -0.1) is 11.3 Å². The van der Waals surface area contributed by atoms with E-state index in [0.717, 1.165) is 24.7 Å². The molecule has 2 rings (SSSR count). The zero-order chi connectivity index (χ0) is 16.1. The molecule has 0 radical (unpaired) electrons. The van der Waals surface area contributed by atoms with Crippen molar-refractivity contribution < 1.29 is 0 Å². The lowest BCUT2D eigenvalue weighted by Crippen LogP contribution is -2.36. The largest absolute Gasteiger partial charge is 0.357 e. The molecule has 0 aliphatic rings. The Morgan fingerprint density at radius 2 is 2.14 bits per heavy atom. The summed E-state index contributed by atoms with van der Waals surface area (Å²) < 4.78 is 1.85. The summed E-state index contributed by atoms with van der Waals surface area (Å²) in [5.41, 5.74) is 2.27. The fourth-order valence-corrected chi connectivity index (χ4v) is 3.25. The second-order valence-electron chi connectivity index (χ2n) is 4.91. The summed E-state index contributed by atoms with van der Waals surface area (Å²) >= 11 is 13.8. The van der Waals surface area contributed by atoms with E-state index in [1.165, 1.54) is 10.4 Å². The van der Waals surface area contributed by atoms with E-state index in [0.29, 0.717) is 16.7 Å². The monoisotopic (exact) mass is 358 g/mol. The second kappa shape index (κ2) is 7.90. The first kappa shape index (κ1) is 17.2. The first-order valence-corrected chi connectivity index (χ1v) is 8.71. The number of thiophene rings is 1. The molecule has 0 bridgehead atoms. The van der Waals surface area contributed by atoms with Crippen LogP contribution >= 0.6 is 34.5 Å². The summed E-state index contributed by atoms with van der Waals surface area (Å²) in [5, 5.41) is 9.79. The third-order valence-electron chi connectivity index (χ3n) is 3.34. The van der Waals surface area contributed by atoms with Gasteiger partial charge in [-0.05, 0) is 36.9 Å². The first-order valence-electron chi connectivity index (χ1n) is 7.07. The minimum absolute atomic E-state index is 0.516. The van der Waals surface area contributed by atoms with E-state index < -0.39 is 0 Å². The molecule has 2 N–H and O–H groups in total. The van der Waals surface area contributed by atoms with E-state index in [9.17, 15) is 0 Å². The molecule has 0 spiro atoms. The van der Waals surface area contributed by atoms with E-state index in [4.69, 9.17) is 23.2 Å². The summed E-state index contributed by atoms with van der Waals surface area (Å²) in [4.78, 5) is 5.90. The van der Waals surface area contributed by atoms with Crippen LogP contribution in [0, 0.1) is 6.92 Å². The van der Waals surface area contributed by atoms with E-state index in [1.807, 2.05) is 24.6 Å². The van der Waals surface area contributed by atoms with Gasteiger partial charge >= 0.3 is 0 Å². The molecular weight excluding hydrogens is 339 g/mol. The molecule has 0 atom stereocenters. The van der Waals surface area contributed by atoms with Crippen LogP contribution in [0.25, 0.3) is 0 Å². The van der Waals surface area contributed by atoms with E-state index in [-0.39, 0.29) is 0 Å². The van der Waals surface area contributed by atoms with Crippen LogP contribution in [0.3, 0.4) is 0 Å². The van der Waals surface area contributed by atoms with Crippen molar-refractivity contribution in [2.24, 2.45) is 12.0 Å². The Hall–Kier alpha value is -1.17. The third kappa shape index (κ3) is 4.18. The van der Waals surface area contributed by atoms with Gasteiger partial charge in [-0.3, -0.25) is 0 Å². The van der Waals surface area contributed by atoms with Crippen LogP contribution in [-0.4, -0.2) is 17.1 Å². The molecule has 0 aliphatic carbocycles. The maximum Gasteiger partial charge on any atom is 0.191 e. The SMILES string of the molecule is CCNC(=NCc1cc(Cl)c(Cl)n1C)NCc1sccc1C. The highest BCUT2D eigenvalue weighted by atomic mass is 35.5. The van der Waals surface area contributed by atoms with Crippen LogP contribution in [0.4, 0.5) is 0 Å². The summed E-state index contributed by atoms with van der Waals surface area (Å²) in [6, 6.07) is 3.97. The fourth-order valence-electron chi connectivity index (χ4n) is 1.99. The Labute approximate surface area is 145 Å². The predicted molar refractivity (Wildman–Crippen MR) is 96.1 cm³/mol. The molecule has 7 heteroatoms. The molecule has 2 aromatic rings. The lowest BCUT2D eigenvalue weighted by Gasteiger charge is -2.11. The minimum atomic E-state index is 0.516. The quantitative estimate of drug-likeness (QED) is 0.627. The van der Waals surface area contributed by atoms with Crippen molar-refractivity contribution >= 4 is 40.5 Å². The van der Waals surface area contributed by atoms with Gasteiger partial charge < -0.3 is 15.2 Å². The van der Waals surface area contributed by atoms with Gasteiger partial charge in [0.15, 0.2) is 5.96 Å². The Balaban J connectivity index is 2.03. The average Bonchev–Trinajstić information content (AvgIpc) is 3.01. The van der Waals surface area contributed by atoms with Gasteiger partial charge in [0.2, 0.25) is 0 Å². The summed E-state index contributed by atoms with van der Waals surface area (Å²) in [7, 11) is 1.88. The highest BCUT2D eigenvalue weighted by Crippen LogP contribution is 2.25. The number of nitrogens with zero attached hydrogens (tertiary/aromatic N) is 2. The van der Waals surface area contributed by atoms with Crippen LogP contribution in [0.15, 0.2) is 22.5 Å². The third-order valence-corrected chi connectivity index (χ3v) is 5.21. The van der Waals surface area contributed by atoms with Crippen LogP contribution in [-0.2, 0) is 20.1 Å². The number of aliphatic imine (C=N–C) groups is 1. The maximum absolute atomic E-state index is 6.07. The lowest BCUT2D eigenvalue weighted by molar-refractivity contribution is 0.789. The lowest BCUT2D eigenvalue weighted by atomic mass is 10.3. The van der Waals surface area contributed by atoms with E-state index >= 15 is 0 Å². The van der Waals surface area contributed by atoms with Gasteiger partial charge in [0, 0.05) is 24.2 Å². The highest BCUT2D eigenvalue weighted by molar-refractivity contribution is 7.10. The zero-order valence-electron chi connectivity index (χ0n) is 12.9. The van der Waals surface area contributed by atoms with Gasteiger partial charge in [0.25, 0.3) is 0 Å². The smallest absolute Gasteiger partial charge is 0.191 e. The number of hydrogen-bond acceptors (Lipinski definition) is 2. The normalized spacial score (nSPS) is 11.8. The summed E-state index contributed by atoms with van der Waals surface area (Å²) in [6.45, 7) is 6.25. The number of rotatable bonds is 5. The van der Waals surface area contributed by atoms with Crippen molar-refractivity contribution in [3.8, 4) is 0 Å². The maximum atomic E-state index is 6.07. The molecule has 4 nitrogen and oxygen atoms in total. The highest BCUT2D eigenvalue weighted by Gasteiger charge is 2.09. The molecular formula is C15H20Cl2N4S. The van der Waals surface area contributed by atoms with Gasteiger partial charge in [-0.25, -0.2) is 4.99 Å². The Bertz CT molecular complexity index is 661. The molecule has 0 aliphatic heterocycles. The number of nitrogens with one attached hydrogen (secondary N) is 2. The van der Waals surface area contributed by atoms with Gasteiger partial charge in [0.05, 0.1) is 18.1 Å². The number of aromatic nitrogens is 1. The van der Waals surface area contributed by atoms with Crippen molar-refractivity contribution in [2.45, 2.75) is 26.9 Å². The predicted octanol–water partition coefficient (Wildman–Crippen LogP) is 3.96. The molecule has 2 aromatic heterocycles. The van der Waals surface area contributed by atoms with Crippen LogP contribution in [0.1, 0.15) is 23.1 Å². The van der Waals surface area contributed by atoms with Crippen LogP contribution in [0.5, 0.6) is 0 Å². The van der Waals surface area contributed by atoms with E-state index in [2.05, 4.69) is 34.0 Å². The standard InChI is InChI=1S/C15H20Cl2N4S/c1-4-18-15(20-9-13-10(2)5-6-22-13)19-8-11-7-12(16)14(17)21(11)3/h5-7H,4,8-9H2,1-3H3,(H2,18,19,20). The van der Waals surface area contributed by atoms with E-state index in [1.54, 1.807) is 11.3 Å². The number of halogens is 2. The molecule has 0 amide bonds. The zero-order valence-corrected chi connectivity index (χ0v) is 15.2. The molecule has 120 valence electrons. The van der Waals surface area contributed by atoms with Crippen molar-refractivity contribution in [3.63, 3.8) is 0 Å². The fraction of sp³-hybridized carbons (Fsp3) is 0.400. The van der Waals surface area contributed by atoms with Crippen molar-refractivity contribution in [3.05, 3.63) is 43.8 Å². The Morgan fingerprint density at radius 3 is 2.68 bits per heavy atom. The summed E-state index contributed by atoms with van der Waals surface area (Å²) in [5.74, 6) is 0.781. The van der Waals surface area contributed by atoms with Crippen LogP contribution in [0.2, 0.25) is 10.2 Å². The topological polar surface area (TPSA) is 41.4 Å². The molecule has 0 saturated carbocycles. The van der Waals surface area contributed by atoms with Crippen molar-refractivity contribution in [1.82, 2.24) is 15.2 Å². The number of aryl methyl sites for hydroxylation is 1. The molecule has 0 fully saturated rings. The Morgan fingerprint density at radius 1 is 1.36 bits per heavy atom. The van der Waals surface area contributed by atoms with Gasteiger partial charge in [-0.2, -0.15) is 0 Å². The van der Waals surface area contributed by atoms with Gasteiger partial charge in [0.1, 0.15) is 5.15 Å². The van der Waals surface area contributed by atoms with Gasteiger partial charge in [-0.1, -0.05) is 23.2 Å². The molecule has 0 saturated heterocycles. The average molecular weight is 359 g/mol. The van der Waals surface area contributed by atoms with Crippen molar-refractivity contribution in [2.75, 3.05) is 6.54 Å². The molecule has 2 heterocycles. The molecule has 0 unspecified atom stereocenters. The number of hydrogen-bond donors (Lipinski definition) is 2.